The highest BCUT2D eigenvalue weighted by Crippen LogP contribution is 2.26. The van der Waals surface area contributed by atoms with Crippen molar-refractivity contribution in [2.24, 2.45) is 14.1 Å². The summed E-state index contributed by atoms with van der Waals surface area (Å²) < 4.78 is 5.39. The van der Waals surface area contributed by atoms with Crippen molar-refractivity contribution in [2.45, 2.75) is 17.5 Å². The van der Waals surface area contributed by atoms with Crippen LogP contribution in [0.1, 0.15) is 11.1 Å². The first-order chi connectivity index (χ1) is 14.0. The molecule has 0 radical (unpaired) electrons. The average molecular weight is 472 g/mol. The van der Waals surface area contributed by atoms with E-state index in [1.165, 1.54) is 23.4 Å². The summed E-state index contributed by atoms with van der Waals surface area (Å²) in [4.78, 5) is 34.1. The number of aryl methyl sites for hydroxylation is 1. The van der Waals surface area contributed by atoms with Crippen LogP contribution in [0.4, 0.5) is 0 Å². The molecule has 4 rings (SSSR count). The van der Waals surface area contributed by atoms with Crippen LogP contribution < -0.4 is 11.2 Å². The Kier molecular flexibility index (Phi) is 5.42. The van der Waals surface area contributed by atoms with Gasteiger partial charge in [0.1, 0.15) is 0 Å². The van der Waals surface area contributed by atoms with Gasteiger partial charge >= 0.3 is 5.69 Å². The molecule has 148 valence electrons. The predicted octanol–water partition coefficient (Wildman–Crippen LogP) is 2.93. The van der Waals surface area contributed by atoms with Gasteiger partial charge < -0.3 is 4.57 Å². The lowest BCUT2D eigenvalue weighted by Crippen LogP contribution is -2.37. The Hall–Kier alpha value is -2.65. The number of halogens is 1. The number of thioether (sulfide) groups is 1. The van der Waals surface area contributed by atoms with Gasteiger partial charge in [-0.2, -0.15) is 0 Å². The third-order valence-electron chi connectivity index (χ3n) is 4.63. The first-order valence-electron chi connectivity index (χ1n) is 8.88. The van der Waals surface area contributed by atoms with Gasteiger partial charge in [0, 0.05) is 36.7 Å². The molecule has 1 aromatic carbocycles. The van der Waals surface area contributed by atoms with Crippen LogP contribution in [0.5, 0.6) is 0 Å². The summed E-state index contributed by atoms with van der Waals surface area (Å²) in [5.41, 5.74) is 2.15. The van der Waals surface area contributed by atoms with Crippen molar-refractivity contribution < 1.29 is 0 Å². The predicted molar refractivity (Wildman–Crippen MR) is 117 cm³/mol. The molecule has 0 fully saturated rings. The summed E-state index contributed by atoms with van der Waals surface area (Å²) in [6.45, 7) is 0.471. The topological polar surface area (TPSA) is 74.7 Å². The van der Waals surface area contributed by atoms with Gasteiger partial charge in [-0.1, -0.05) is 45.9 Å². The number of hydrogen-bond donors (Lipinski definition) is 0. The van der Waals surface area contributed by atoms with E-state index >= 15 is 0 Å². The minimum absolute atomic E-state index is 0.348. The summed E-state index contributed by atoms with van der Waals surface area (Å²) in [5.74, 6) is 0.657. The number of pyridine rings is 1. The zero-order valence-electron chi connectivity index (χ0n) is 15.9. The molecule has 0 atom stereocenters. The Morgan fingerprint density at radius 1 is 1.07 bits per heavy atom. The quantitative estimate of drug-likeness (QED) is 0.418. The minimum atomic E-state index is -0.390. The number of aromatic nitrogens is 5. The third kappa shape index (κ3) is 3.79. The van der Waals surface area contributed by atoms with Gasteiger partial charge in [0.25, 0.3) is 5.56 Å². The molecular weight excluding hydrogens is 454 g/mol. The van der Waals surface area contributed by atoms with Crippen molar-refractivity contribution in [3.63, 3.8) is 0 Å². The number of hydrogen-bond acceptors (Lipinski definition) is 5. The molecule has 0 aliphatic carbocycles. The third-order valence-corrected chi connectivity index (χ3v) is 6.17. The molecule has 3 heterocycles. The van der Waals surface area contributed by atoms with E-state index in [0.717, 1.165) is 20.2 Å². The van der Waals surface area contributed by atoms with E-state index in [4.69, 9.17) is 0 Å². The molecule has 29 heavy (non-hydrogen) atoms. The lowest BCUT2D eigenvalue weighted by molar-refractivity contribution is 0.696. The smallest absolute Gasteiger partial charge is 0.309 e. The summed E-state index contributed by atoms with van der Waals surface area (Å²) in [6.07, 6.45) is 3.54. The molecule has 0 aliphatic rings. The second-order valence-corrected chi connectivity index (χ2v) is 8.50. The van der Waals surface area contributed by atoms with Crippen molar-refractivity contribution in [3.8, 4) is 0 Å². The van der Waals surface area contributed by atoms with E-state index in [1.807, 2.05) is 47.2 Å². The first-order valence-corrected chi connectivity index (χ1v) is 10.7. The SMILES string of the molecule is Cn1c(=O)c2c(nc(SCc3cccnc3)n2Cc2cccc(Br)c2)n(C)c1=O. The molecule has 0 aliphatic heterocycles. The van der Waals surface area contributed by atoms with Crippen molar-refractivity contribution >= 4 is 38.9 Å². The molecule has 3 aromatic heterocycles. The summed E-state index contributed by atoms with van der Waals surface area (Å²) in [7, 11) is 3.12. The van der Waals surface area contributed by atoms with E-state index in [9.17, 15) is 9.59 Å². The van der Waals surface area contributed by atoms with Gasteiger partial charge in [0.2, 0.25) is 0 Å². The number of imidazole rings is 1. The largest absolute Gasteiger partial charge is 0.332 e. The Morgan fingerprint density at radius 2 is 1.86 bits per heavy atom. The minimum Gasteiger partial charge on any atom is -0.309 e. The lowest BCUT2D eigenvalue weighted by atomic mass is 10.2. The van der Waals surface area contributed by atoms with Gasteiger partial charge in [-0.15, -0.1) is 0 Å². The second kappa shape index (κ2) is 8.00. The van der Waals surface area contributed by atoms with Crippen molar-refractivity contribution in [3.05, 3.63) is 85.2 Å². The molecule has 9 heteroatoms. The zero-order valence-corrected chi connectivity index (χ0v) is 18.3. The molecule has 0 amide bonds. The van der Waals surface area contributed by atoms with Crippen LogP contribution in [0.25, 0.3) is 11.2 Å². The van der Waals surface area contributed by atoms with Crippen LogP contribution in [0.3, 0.4) is 0 Å². The van der Waals surface area contributed by atoms with E-state index in [0.29, 0.717) is 28.6 Å². The zero-order chi connectivity index (χ0) is 20.5. The van der Waals surface area contributed by atoms with Gasteiger partial charge in [-0.3, -0.25) is 18.9 Å². The Balaban J connectivity index is 1.86. The number of fused-ring (bicyclic) bond motifs is 1. The second-order valence-electron chi connectivity index (χ2n) is 6.64. The van der Waals surface area contributed by atoms with Gasteiger partial charge in [0.05, 0.1) is 6.54 Å². The highest BCUT2D eigenvalue weighted by molar-refractivity contribution is 9.10. The Bertz CT molecular complexity index is 1310. The highest BCUT2D eigenvalue weighted by atomic mass is 79.9. The van der Waals surface area contributed by atoms with Crippen LogP contribution in [0, 0.1) is 0 Å². The lowest BCUT2D eigenvalue weighted by Gasteiger charge is -2.10. The monoisotopic (exact) mass is 471 g/mol. The maximum atomic E-state index is 12.9. The fraction of sp³-hybridized carbons (Fsp3) is 0.200. The van der Waals surface area contributed by atoms with Crippen molar-refractivity contribution in [1.29, 1.82) is 0 Å². The number of benzene rings is 1. The molecular formula is C20H18BrN5O2S. The van der Waals surface area contributed by atoms with Gasteiger partial charge in [0.15, 0.2) is 16.3 Å². The molecule has 0 spiro atoms. The molecule has 0 saturated carbocycles. The van der Waals surface area contributed by atoms with Crippen molar-refractivity contribution in [1.82, 2.24) is 23.7 Å². The maximum Gasteiger partial charge on any atom is 0.332 e. The van der Waals surface area contributed by atoms with E-state index in [-0.39, 0.29) is 5.56 Å². The summed E-state index contributed by atoms with van der Waals surface area (Å²) in [5, 5.41) is 0.683. The van der Waals surface area contributed by atoms with Crippen LogP contribution in [-0.2, 0) is 26.4 Å². The summed E-state index contributed by atoms with van der Waals surface area (Å²) >= 11 is 5.01. The van der Waals surface area contributed by atoms with E-state index in [1.54, 1.807) is 13.2 Å². The van der Waals surface area contributed by atoms with Gasteiger partial charge in [-0.25, -0.2) is 9.78 Å². The molecule has 4 aromatic rings. The number of rotatable bonds is 5. The Morgan fingerprint density at radius 3 is 2.59 bits per heavy atom. The van der Waals surface area contributed by atoms with Crippen LogP contribution >= 0.6 is 27.7 Å². The fourth-order valence-electron chi connectivity index (χ4n) is 3.13. The van der Waals surface area contributed by atoms with E-state index in [2.05, 4.69) is 25.9 Å². The molecule has 0 bridgehead atoms. The standard InChI is InChI=1S/C20H18BrN5O2S/c1-24-17-16(18(27)25(2)20(24)28)26(11-13-5-3-7-15(21)9-13)19(23-17)29-12-14-6-4-8-22-10-14/h3-10H,11-12H2,1-2H3. The Labute approximate surface area is 179 Å². The van der Waals surface area contributed by atoms with E-state index < -0.39 is 5.69 Å². The van der Waals surface area contributed by atoms with Crippen LogP contribution in [-0.4, -0.2) is 23.7 Å². The molecule has 0 saturated heterocycles. The summed E-state index contributed by atoms with van der Waals surface area (Å²) in [6, 6.07) is 11.8. The molecule has 0 unspecified atom stereocenters. The van der Waals surface area contributed by atoms with Crippen molar-refractivity contribution in [2.75, 3.05) is 0 Å². The molecule has 0 N–H and O–H groups in total. The number of nitrogens with zero attached hydrogens (tertiary/aromatic N) is 5. The first kappa shape index (κ1) is 19.7. The maximum absolute atomic E-state index is 12.9. The fourth-order valence-corrected chi connectivity index (χ4v) is 4.51. The molecule has 7 nitrogen and oxygen atoms in total. The average Bonchev–Trinajstić information content (AvgIpc) is 3.08. The van der Waals surface area contributed by atoms with Gasteiger partial charge in [-0.05, 0) is 29.3 Å². The van der Waals surface area contributed by atoms with Crippen LogP contribution in [0.2, 0.25) is 0 Å². The van der Waals surface area contributed by atoms with Crippen LogP contribution in [0.15, 0.2) is 68.0 Å². The normalized spacial score (nSPS) is 11.3. The highest BCUT2D eigenvalue weighted by Gasteiger charge is 2.19.